The Morgan fingerprint density at radius 2 is 1.90 bits per heavy atom. The Hall–Kier alpha value is -0.160. The van der Waals surface area contributed by atoms with Crippen LogP contribution in [0.25, 0.3) is 0 Å². The van der Waals surface area contributed by atoms with Crippen molar-refractivity contribution in [3.8, 4) is 0 Å². The largest absolute Gasteiger partial charge is 0.390 e. The van der Waals surface area contributed by atoms with Crippen LogP contribution in [0.3, 0.4) is 0 Å². The van der Waals surface area contributed by atoms with Gasteiger partial charge in [0.15, 0.2) is 6.29 Å². The van der Waals surface area contributed by atoms with Crippen LogP contribution in [0.15, 0.2) is 0 Å². The second-order valence-corrected chi connectivity index (χ2v) is 2.75. The highest BCUT2D eigenvalue weighted by Gasteiger charge is 2.46. The molecule has 0 amide bonds. The lowest BCUT2D eigenvalue weighted by molar-refractivity contribution is -0.123. The third kappa shape index (κ3) is 0.769. The molecule has 0 aromatic heterocycles. The second-order valence-electron chi connectivity index (χ2n) is 2.75. The molecule has 10 heavy (non-hydrogen) atoms. The Morgan fingerprint density at radius 3 is 2.60 bits per heavy atom. The molecule has 0 aromatic rings. The van der Waals surface area contributed by atoms with E-state index in [2.05, 4.69) is 0 Å². The summed E-state index contributed by atoms with van der Waals surface area (Å²) in [7, 11) is 0. The first-order valence-corrected chi connectivity index (χ1v) is 3.38. The number of ether oxygens (including phenoxy) is 2. The lowest BCUT2D eigenvalue weighted by Gasteiger charge is -2.08. The molecule has 4 atom stereocenters. The zero-order chi connectivity index (χ0) is 7.14. The van der Waals surface area contributed by atoms with E-state index in [0.29, 0.717) is 13.2 Å². The van der Waals surface area contributed by atoms with Crippen molar-refractivity contribution >= 4 is 0 Å². The monoisotopic (exact) mass is 146 g/mol. The summed E-state index contributed by atoms with van der Waals surface area (Å²) in [5, 5.41) is 18.3. The molecule has 2 fully saturated rings. The average molecular weight is 146 g/mol. The molecule has 58 valence electrons. The molecule has 0 spiro atoms. The van der Waals surface area contributed by atoms with Gasteiger partial charge in [0.2, 0.25) is 0 Å². The highest BCUT2D eigenvalue weighted by Crippen LogP contribution is 2.30. The van der Waals surface area contributed by atoms with Crippen LogP contribution >= 0.6 is 0 Å². The molecule has 2 aliphatic heterocycles. The molecule has 2 rings (SSSR count). The van der Waals surface area contributed by atoms with Crippen molar-refractivity contribution in [2.24, 2.45) is 5.92 Å². The summed E-state index contributed by atoms with van der Waals surface area (Å²) in [6.07, 6.45) is -1.58. The van der Waals surface area contributed by atoms with Crippen molar-refractivity contribution in [1.82, 2.24) is 0 Å². The summed E-state index contributed by atoms with van der Waals surface area (Å²) in [5.74, 6) is -0.0185. The Balaban J connectivity index is 2.09. The van der Waals surface area contributed by atoms with Gasteiger partial charge in [-0.25, -0.2) is 0 Å². The first-order chi connectivity index (χ1) is 4.79. The van der Waals surface area contributed by atoms with Crippen LogP contribution in [0.2, 0.25) is 0 Å². The first-order valence-electron chi connectivity index (χ1n) is 3.38. The highest BCUT2D eigenvalue weighted by molar-refractivity contribution is 4.89. The number of aliphatic hydroxyl groups is 2. The fourth-order valence-electron chi connectivity index (χ4n) is 1.48. The fraction of sp³-hybridized carbons (Fsp3) is 1.00. The van der Waals surface area contributed by atoms with E-state index in [1.807, 2.05) is 0 Å². The van der Waals surface area contributed by atoms with Crippen LogP contribution in [-0.4, -0.2) is 41.9 Å². The van der Waals surface area contributed by atoms with Gasteiger partial charge < -0.3 is 19.7 Å². The predicted molar refractivity (Wildman–Crippen MR) is 31.2 cm³/mol. The van der Waals surface area contributed by atoms with Gasteiger partial charge in [0.05, 0.1) is 19.3 Å². The topological polar surface area (TPSA) is 58.9 Å². The van der Waals surface area contributed by atoms with Gasteiger partial charge >= 0.3 is 0 Å². The zero-order valence-corrected chi connectivity index (χ0v) is 5.43. The van der Waals surface area contributed by atoms with Crippen molar-refractivity contribution in [2.75, 3.05) is 13.2 Å². The maximum Gasteiger partial charge on any atom is 0.181 e. The summed E-state index contributed by atoms with van der Waals surface area (Å²) in [4.78, 5) is 0. The molecule has 0 unspecified atom stereocenters. The maximum absolute atomic E-state index is 9.20. The van der Waals surface area contributed by atoms with Crippen molar-refractivity contribution < 1.29 is 19.7 Å². The number of rotatable bonds is 0. The van der Waals surface area contributed by atoms with E-state index in [1.165, 1.54) is 0 Å². The molecule has 4 heteroatoms. The normalized spacial score (nSPS) is 53.4. The molecular weight excluding hydrogens is 136 g/mol. The van der Waals surface area contributed by atoms with Gasteiger partial charge in [0, 0.05) is 5.92 Å². The highest BCUT2D eigenvalue weighted by atomic mass is 16.6. The molecule has 2 saturated heterocycles. The SMILES string of the molecule is O[C@@H]1CO[C@@H]2[C@H]1CO[C@@H]2O. The van der Waals surface area contributed by atoms with Crippen LogP contribution in [0.5, 0.6) is 0 Å². The predicted octanol–water partition coefficient (Wildman–Crippen LogP) is -1.29. The standard InChI is InChI=1S/C6H10O4/c7-4-2-9-5-3(4)1-10-6(5)8/h3-8H,1-2H2/t3-,4+,5+,6-/m0/s1. The number of aliphatic hydroxyl groups excluding tert-OH is 2. The molecule has 2 aliphatic rings. The van der Waals surface area contributed by atoms with Crippen LogP contribution in [0, 0.1) is 5.92 Å². The van der Waals surface area contributed by atoms with E-state index < -0.39 is 12.4 Å². The van der Waals surface area contributed by atoms with E-state index in [9.17, 15) is 5.11 Å². The van der Waals surface area contributed by atoms with Crippen molar-refractivity contribution in [1.29, 1.82) is 0 Å². The lowest BCUT2D eigenvalue weighted by Crippen LogP contribution is -2.26. The first kappa shape index (κ1) is 6.54. The van der Waals surface area contributed by atoms with Crippen LogP contribution in [0.1, 0.15) is 0 Å². The van der Waals surface area contributed by atoms with E-state index >= 15 is 0 Å². The minimum absolute atomic E-state index is 0.0185. The van der Waals surface area contributed by atoms with Crippen molar-refractivity contribution in [3.05, 3.63) is 0 Å². The second kappa shape index (κ2) is 2.17. The number of hydrogen-bond donors (Lipinski definition) is 2. The third-order valence-electron chi connectivity index (χ3n) is 2.12. The Kier molecular flexibility index (Phi) is 1.42. The third-order valence-corrected chi connectivity index (χ3v) is 2.12. The van der Waals surface area contributed by atoms with E-state index in [4.69, 9.17) is 14.6 Å². The molecule has 4 nitrogen and oxygen atoms in total. The molecular formula is C6H10O4. The van der Waals surface area contributed by atoms with Crippen LogP contribution < -0.4 is 0 Å². The van der Waals surface area contributed by atoms with Gasteiger partial charge in [-0.05, 0) is 0 Å². The van der Waals surface area contributed by atoms with Gasteiger partial charge in [-0.15, -0.1) is 0 Å². The van der Waals surface area contributed by atoms with Gasteiger partial charge in [-0.2, -0.15) is 0 Å². The fourth-order valence-corrected chi connectivity index (χ4v) is 1.48. The minimum Gasteiger partial charge on any atom is -0.390 e. The molecule has 0 aromatic carbocycles. The lowest BCUT2D eigenvalue weighted by atomic mass is 10.0. The van der Waals surface area contributed by atoms with E-state index in [-0.39, 0.29) is 12.0 Å². The van der Waals surface area contributed by atoms with E-state index in [1.54, 1.807) is 0 Å². The van der Waals surface area contributed by atoms with Gasteiger partial charge in [0.1, 0.15) is 6.10 Å². The van der Waals surface area contributed by atoms with Crippen LogP contribution in [-0.2, 0) is 9.47 Å². The van der Waals surface area contributed by atoms with Crippen molar-refractivity contribution in [2.45, 2.75) is 18.5 Å². The summed E-state index contributed by atoms with van der Waals surface area (Å²) in [5.41, 5.74) is 0. The van der Waals surface area contributed by atoms with Crippen molar-refractivity contribution in [3.63, 3.8) is 0 Å². The molecule has 0 bridgehead atoms. The molecule has 0 saturated carbocycles. The van der Waals surface area contributed by atoms with Gasteiger partial charge in [-0.1, -0.05) is 0 Å². The smallest absolute Gasteiger partial charge is 0.181 e. The Bertz CT molecular complexity index is 122. The maximum atomic E-state index is 9.20. The average Bonchev–Trinajstić information content (AvgIpc) is 2.41. The Morgan fingerprint density at radius 1 is 1.10 bits per heavy atom. The van der Waals surface area contributed by atoms with Gasteiger partial charge in [-0.3, -0.25) is 0 Å². The summed E-state index contributed by atoms with van der Waals surface area (Å²) in [6.45, 7) is 0.739. The molecule has 2 heterocycles. The molecule has 0 aliphatic carbocycles. The van der Waals surface area contributed by atoms with Crippen LogP contribution in [0.4, 0.5) is 0 Å². The summed E-state index contributed by atoms with van der Waals surface area (Å²) < 4.78 is 9.94. The summed E-state index contributed by atoms with van der Waals surface area (Å²) in [6, 6.07) is 0. The number of hydrogen-bond acceptors (Lipinski definition) is 4. The summed E-state index contributed by atoms with van der Waals surface area (Å²) >= 11 is 0. The van der Waals surface area contributed by atoms with Gasteiger partial charge in [0.25, 0.3) is 0 Å². The number of fused-ring (bicyclic) bond motifs is 1. The van der Waals surface area contributed by atoms with E-state index in [0.717, 1.165) is 0 Å². The minimum atomic E-state index is -0.831. The Labute approximate surface area is 58.4 Å². The molecule has 2 N–H and O–H groups in total. The zero-order valence-electron chi connectivity index (χ0n) is 5.43. The molecule has 0 radical (unpaired) electrons. The quantitative estimate of drug-likeness (QED) is 0.446.